The number of primary amides is 1. The second-order valence-corrected chi connectivity index (χ2v) is 2.45. The molecule has 0 aromatic carbocycles. The third-order valence-electron chi connectivity index (χ3n) is 1.47. The number of hydrogen-bond donors (Lipinski definition) is 2. The van der Waals surface area contributed by atoms with E-state index in [-0.39, 0.29) is 19.0 Å². The van der Waals surface area contributed by atoms with Crippen LogP contribution < -0.4 is 10.6 Å². The third kappa shape index (κ3) is 2.47. The van der Waals surface area contributed by atoms with E-state index < -0.39 is 12.0 Å². The van der Waals surface area contributed by atoms with Gasteiger partial charge in [0.05, 0.1) is 12.6 Å². The molecule has 76 valence electrons. The van der Waals surface area contributed by atoms with Gasteiger partial charge in [0, 0.05) is 6.54 Å². The van der Waals surface area contributed by atoms with Crippen molar-refractivity contribution in [1.29, 1.82) is 0 Å². The van der Waals surface area contributed by atoms with Gasteiger partial charge in [0.25, 0.3) is 0 Å². The average Bonchev–Trinajstić information content (AvgIpc) is 2.56. The highest BCUT2D eigenvalue weighted by molar-refractivity contribution is 5.88. The first-order chi connectivity index (χ1) is 6.61. The Morgan fingerprint density at radius 3 is 2.79 bits per heavy atom. The van der Waals surface area contributed by atoms with Crippen molar-refractivity contribution in [3.63, 3.8) is 0 Å². The lowest BCUT2D eigenvalue weighted by atomic mass is 10.4. The van der Waals surface area contributed by atoms with E-state index in [1.807, 2.05) is 0 Å². The molecule has 0 atom stereocenters. The fourth-order valence-corrected chi connectivity index (χ4v) is 0.857. The number of hydrogen-bond acceptors (Lipinski definition) is 4. The molecule has 1 rings (SSSR count). The lowest BCUT2D eigenvalue weighted by Gasteiger charge is -2.13. The van der Waals surface area contributed by atoms with Crippen LogP contribution in [0.5, 0.6) is 0 Å². The van der Waals surface area contributed by atoms with Crippen molar-refractivity contribution in [2.24, 2.45) is 5.73 Å². The summed E-state index contributed by atoms with van der Waals surface area (Å²) in [5, 5.41) is 8.41. The highest BCUT2D eigenvalue weighted by atomic mass is 16.4. The predicted molar refractivity (Wildman–Crippen MR) is 45.7 cm³/mol. The Morgan fingerprint density at radius 1 is 1.64 bits per heavy atom. The molecule has 0 aliphatic carbocycles. The van der Waals surface area contributed by atoms with Gasteiger partial charge in [-0.25, -0.2) is 14.7 Å². The smallest absolute Gasteiger partial charge is 0.322 e. The van der Waals surface area contributed by atoms with Gasteiger partial charge in [0.2, 0.25) is 0 Å². The number of carboxylic acid groups (broad SMARTS) is 1. The molecule has 3 N–H and O–H groups in total. The molecule has 0 saturated carbocycles. The molecule has 0 saturated heterocycles. The zero-order chi connectivity index (χ0) is 10.6. The number of carbonyl (C=O) groups excluding carboxylic acids is 1. The maximum absolute atomic E-state index is 10.9. The largest absolute Gasteiger partial charge is 0.481 e. The van der Waals surface area contributed by atoms with E-state index in [2.05, 4.69) is 4.98 Å². The van der Waals surface area contributed by atoms with Gasteiger partial charge in [-0.1, -0.05) is 0 Å². The molecule has 0 radical (unpaired) electrons. The van der Waals surface area contributed by atoms with Crippen LogP contribution in [0.15, 0.2) is 16.9 Å². The highest BCUT2D eigenvalue weighted by Gasteiger charge is 2.17. The standard InChI is InChI=1S/C7H9N3O4/c8-6(13)10(3-1-5(11)12)7-9-2-4-14-7/h2,4H,1,3H2,(H2,8,13)(H,11,12). The van der Waals surface area contributed by atoms with Crippen LogP contribution in [0.25, 0.3) is 0 Å². The summed E-state index contributed by atoms with van der Waals surface area (Å²) < 4.78 is 4.81. The van der Waals surface area contributed by atoms with Gasteiger partial charge >= 0.3 is 18.0 Å². The van der Waals surface area contributed by atoms with Gasteiger partial charge in [-0.15, -0.1) is 0 Å². The fraction of sp³-hybridized carbons (Fsp3) is 0.286. The number of urea groups is 1. The number of carboxylic acids is 1. The van der Waals surface area contributed by atoms with Gasteiger partial charge in [0.1, 0.15) is 6.26 Å². The van der Waals surface area contributed by atoms with Crippen molar-refractivity contribution < 1.29 is 19.1 Å². The molecule has 14 heavy (non-hydrogen) atoms. The number of oxazole rings is 1. The first kappa shape index (κ1) is 10.0. The lowest BCUT2D eigenvalue weighted by molar-refractivity contribution is -0.136. The third-order valence-corrected chi connectivity index (χ3v) is 1.47. The summed E-state index contributed by atoms with van der Waals surface area (Å²) in [6.07, 6.45) is 2.39. The first-order valence-electron chi connectivity index (χ1n) is 3.79. The maximum Gasteiger partial charge on any atom is 0.322 e. The summed E-state index contributed by atoms with van der Waals surface area (Å²) >= 11 is 0. The molecule has 1 aromatic heterocycles. The van der Waals surface area contributed by atoms with Crippen molar-refractivity contribution >= 4 is 18.0 Å². The van der Waals surface area contributed by atoms with Crippen molar-refractivity contribution in [1.82, 2.24) is 4.98 Å². The zero-order valence-corrected chi connectivity index (χ0v) is 7.21. The number of carbonyl (C=O) groups is 2. The Balaban J connectivity index is 2.66. The molecule has 7 nitrogen and oxygen atoms in total. The lowest BCUT2D eigenvalue weighted by Crippen LogP contribution is -2.37. The Kier molecular flexibility index (Phi) is 3.05. The summed E-state index contributed by atoms with van der Waals surface area (Å²) in [6, 6.07) is -0.799. The molecule has 2 amide bonds. The zero-order valence-electron chi connectivity index (χ0n) is 7.21. The second-order valence-electron chi connectivity index (χ2n) is 2.45. The minimum absolute atomic E-state index is 0.00116. The molecule has 7 heteroatoms. The van der Waals surface area contributed by atoms with Crippen LogP contribution in [0.2, 0.25) is 0 Å². The SMILES string of the molecule is NC(=O)N(CCC(=O)O)c1ncco1. The van der Waals surface area contributed by atoms with Crippen molar-refractivity contribution in [3.8, 4) is 0 Å². The molecule has 0 bridgehead atoms. The van der Waals surface area contributed by atoms with E-state index >= 15 is 0 Å². The second kappa shape index (κ2) is 4.26. The monoisotopic (exact) mass is 199 g/mol. The van der Waals surface area contributed by atoms with Crippen LogP contribution in [0.3, 0.4) is 0 Å². The minimum atomic E-state index is -1.03. The molecule has 0 aliphatic rings. The fourth-order valence-electron chi connectivity index (χ4n) is 0.857. The topological polar surface area (TPSA) is 110 Å². The van der Waals surface area contributed by atoms with E-state index in [1.54, 1.807) is 0 Å². The van der Waals surface area contributed by atoms with Gasteiger partial charge in [-0.3, -0.25) is 4.79 Å². The number of rotatable bonds is 4. The molecule has 0 fully saturated rings. The van der Waals surface area contributed by atoms with E-state index in [4.69, 9.17) is 15.3 Å². The molecule has 0 aliphatic heterocycles. The first-order valence-corrected chi connectivity index (χ1v) is 3.79. The van der Waals surface area contributed by atoms with Crippen LogP contribution >= 0.6 is 0 Å². The molecular formula is C7H9N3O4. The van der Waals surface area contributed by atoms with Crippen LogP contribution in [0, 0.1) is 0 Å². The summed E-state index contributed by atoms with van der Waals surface area (Å²) in [5.74, 6) is -1.03. The molecular weight excluding hydrogens is 190 g/mol. The predicted octanol–water partition coefficient (Wildman–Crippen LogP) is 0.0344. The summed E-state index contributed by atoms with van der Waals surface area (Å²) in [6.45, 7) is -0.0643. The molecule has 1 heterocycles. The van der Waals surface area contributed by atoms with Gasteiger partial charge in [0.15, 0.2) is 0 Å². The molecule has 0 unspecified atom stereocenters. The number of aliphatic carboxylic acids is 1. The van der Waals surface area contributed by atoms with Crippen molar-refractivity contribution in [2.45, 2.75) is 6.42 Å². The van der Waals surface area contributed by atoms with E-state index in [0.29, 0.717) is 0 Å². The van der Waals surface area contributed by atoms with E-state index in [0.717, 1.165) is 4.90 Å². The summed E-state index contributed by atoms with van der Waals surface area (Å²) in [7, 11) is 0. The van der Waals surface area contributed by atoms with Crippen LogP contribution in [0.4, 0.5) is 10.8 Å². The minimum Gasteiger partial charge on any atom is -0.481 e. The van der Waals surface area contributed by atoms with Crippen LogP contribution in [0.1, 0.15) is 6.42 Å². The number of nitrogens with zero attached hydrogens (tertiary/aromatic N) is 2. The Bertz CT molecular complexity index is 322. The van der Waals surface area contributed by atoms with Crippen molar-refractivity contribution in [3.05, 3.63) is 12.5 Å². The normalized spacial score (nSPS) is 9.71. The number of nitrogens with two attached hydrogens (primary N) is 1. The maximum atomic E-state index is 10.9. The number of anilines is 1. The van der Waals surface area contributed by atoms with E-state index in [1.165, 1.54) is 12.5 Å². The van der Waals surface area contributed by atoms with Gasteiger partial charge in [-0.2, -0.15) is 0 Å². The Hall–Kier alpha value is -2.05. The number of amides is 2. The van der Waals surface area contributed by atoms with Crippen molar-refractivity contribution in [2.75, 3.05) is 11.4 Å². The Morgan fingerprint density at radius 2 is 2.36 bits per heavy atom. The molecule has 1 aromatic rings. The quantitative estimate of drug-likeness (QED) is 0.711. The van der Waals surface area contributed by atoms with Gasteiger partial charge < -0.3 is 15.3 Å². The number of aromatic nitrogens is 1. The van der Waals surface area contributed by atoms with E-state index in [9.17, 15) is 9.59 Å². The van der Waals surface area contributed by atoms with Gasteiger partial charge in [-0.05, 0) is 0 Å². The summed E-state index contributed by atoms with van der Waals surface area (Å²) in [5.41, 5.74) is 5.01. The average molecular weight is 199 g/mol. The molecule has 0 spiro atoms. The van der Waals surface area contributed by atoms with Crippen LogP contribution in [-0.2, 0) is 4.79 Å². The Labute approximate surface area is 79.1 Å². The highest BCUT2D eigenvalue weighted by Crippen LogP contribution is 2.09. The van der Waals surface area contributed by atoms with Crippen LogP contribution in [-0.4, -0.2) is 28.6 Å². The summed E-state index contributed by atoms with van der Waals surface area (Å²) in [4.78, 5) is 25.8.